The fraction of sp³-hybridized carbons (Fsp3) is 0.125. The first-order valence-corrected chi connectivity index (χ1v) is 4.04. The SMILES string of the molecule is Cc1cc2sccc2cn1. The Morgan fingerprint density at radius 3 is 3.30 bits per heavy atom. The quantitative estimate of drug-likeness (QED) is 0.561. The third kappa shape index (κ3) is 0.809. The topological polar surface area (TPSA) is 12.9 Å². The molecule has 0 fully saturated rings. The molecule has 0 aromatic carbocycles. The van der Waals surface area contributed by atoms with Gasteiger partial charge >= 0.3 is 0 Å². The molecule has 0 spiro atoms. The molecule has 2 rings (SSSR count). The van der Waals surface area contributed by atoms with Gasteiger partial charge in [0.2, 0.25) is 0 Å². The van der Waals surface area contributed by atoms with Crippen LogP contribution in [0.2, 0.25) is 0 Å². The first-order chi connectivity index (χ1) is 4.86. The third-order valence-corrected chi connectivity index (χ3v) is 2.35. The van der Waals surface area contributed by atoms with Crippen LogP contribution in [0.1, 0.15) is 5.69 Å². The second-order valence-corrected chi connectivity index (χ2v) is 3.23. The van der Waals surface area contributed by atoms with Gasteiger partial charge in [-0.15, -0.1) is 11.3 Å². The molecule has 10 heavy (non-hydrogen) atoms. The highest BCUT2D eigenvalue weighted by atomic mass is 32.1. The van der Waals surface area contributed by atoms with E-state index in [4.69, 9.17) is 0 Å². The van der Waals surface area contributed by atoms with Crippen LogP contribution in [0.3, 0.4) is 0 Å². The molecule has 2 aromatic rings. The van der Waals surface area contributed by atoms with Crippen LogP contribution < -0.4 is 0 Å². The molecule has 2 heteroatoms. The summed E-state index contributed by atoms with van der Waals surface area (Å²) in [6.07, 6.45) is 1.92. The van der Waals surface area contributed by atoms with Gasteiger partial charge in [-0.3, -0.25) is 4.98 Å². The van der Waals surface area contributed by atoms with E-state index in [1.807, 2.05) is 13.1 Å². The van der Waals surface area contributed by atoms with E-state index in [0.29, 0.717) is 0 Å². The molecule has 2 heterocycles. The molecule has 0 aliphatic heterocycles. The lowest BCUT2D eigenvalue weighted by atomic mass is 10.3. The van der Waals surface area contributed by atoms with Crippen LogP contribution in [0.5, 0.6) is 0 Å². The van der Waals surface area contributed by atoms with Crippen LogP contribution in [-0.2, 0) is 0 Å². The molecule has 0 bridgehead atoms. The molecule has 1 nitrogen and oxygen atoms in total. The predicted molar refractivity (Wildman–Crippen MR) is 44.4 cm³/mol. The Morgan fingerprint density at radius 1 is 1.50 bits per heavy atom. The average molecular weight is 149 g/mol. The third-order valence-electron chi connectivity index (χ3n) is 1.47. The number of aryl methyl sites for hydroxylation is 1. The molecule has 0 amide bonds. The molecule has 0 saturated heterocycles. The minimum atomic E-state index is 1.09. The maximum absolute atomic E-state index is 4.19. The van der Waals surface area contributed by atoms with Crippen molar-refractivity contribution in [2.24, 2.45) is 0 Å². The summed E-state index contributed by atoms with van der Waals surface area (Å²) in [5.41, 5.74) is 1.09. The molecule has 0 saturated carbocycles. The molecule has 0 atom stereocenters. The van der Waals surface area contributed by atoms with Crippen molar-refractivity contribution in [1.29, 1.82) is 0 Å². The van der Waals surface area contributed by atoms with E-state index in [-0.39, 0.29) is 0 Å². The van der Waals surface area contributed by atoms with Crippen LogP contribution in [-0.4, -0.2) is 4.98 Å². The van der Waals surface area contributed by atoms with E-state index in [2.05, 4.69) is 22.5 Å². The first kappa shape index (κ1) is 5.86. The van der Waals surface area contributed by atoms with E-state index in [1.165, 1.54) is 10.1 Å². The molecular weight excluding hydrogens is 142 g/mol. The van der Waals surface area contributed by atoms with Crippen LogP contribution >= 0.6 is 11.3 Å². The second-order valence-electron chi connectivity index (χ2n) is 2.28. The summed E-state index contributed by atoms with van der Waals surface area (Å²) >= 11 is 1.76. The Bertz CT molecular complexity index is 351. The van der Waals surface area contributed by atoms with Crippen LogP contribution in [0.25, 0.3) is 10.1 Å². The maximum Gasteiger partial charge on any atom is 0.0387 e. The minimum Gasteiger partial charge on any atom is -0.261 e. The van der Waals surface area contributed by atoms with Crippen molar-refractivity contribution >= 4 is 21.4 Å². The fourth-order valence-electron chi connectivity index (χ4n) is 0.953. The van der Waals surface area contributed by atoms with Gasteiger partial charge in [-0.25, -0.2) is 0 Å². The molecule has 0 aliphatic rings. The van der Waals surface area contributed by atoms with Crippen molar-refractivity contribution in [3.05, 3.63) is 29.4 Å². The Morgan fingerprint density at radius 2 is 2.40 bits per heavy atom. The molecule has 2 aromatic heterocycles. The van der Waals surface area contributed by atoms with Gasteiger partial charge in [-0.1, -0.05) is 0 Å². The Labute approximate surface area is 63.3 Å². The number of pyridine rings is 1. The van der Waals surface area contributed by atoms with E-state index in [1.54, 1.807) is 11.3 Å². The number of hydrogen-bond donors (Lipinski definition) is 0. The summed E-state index contributed by atoms with van der Waals surface area (Å²) in [5, 5.41) is 3.34. The van der Waals surface area contributed by atoms with Gasteiger partial charge in [-0.2, -0.15) is 0 Å². The number of fused-ring (bicyclic) bond motifs is 1. The van der Waals surface area contributed by atoms with Crippen molar-refractivity contribution < 1.29 is 0 Å². The zero-order valence-electron chi connectivity index (χ0n) is 5.66. The Hall–Kier alpha value is -0.890. The predicted octanol–water partition coefficient (Wildman–Crippen LogP) is 2.60. The van der Waals surface area contributed by atoms with Crippen molar-refractivity contribution in [3.8, 4) is 0 Å². The van der Waals surface area contributed by atoms with Crippen LogP contribution in [0, 0.1) is 6.92 Å². The number of hydrogen-bond acceptors (Lipinski definition) is 2. The number of nitrogens with zero attached hydrogens (tertiary/aromatic N) is 1. The van der Waals surface area contributed by atoms with Gasteiger partial charge in [-0.05, 0) is 24.4 Å². The summed E-state index contributed by atoms with van der Waals surface area (Å²) in [5.74, 6) is 0. The van der Waals surface area contributed by atoms with Gasteiger partial charge in [0.05, 0.1) is 0 Å². The van der Waals surface area contributed by atoms with E-state index >= 15 is 0 Å². The molecule has 0 unspecified atom stereocenters. The summed E-state index contributed by atoms with van der Waals surface area (Å²) in [6, 6.07) is 4.20. The zero-order valence-corrected chi connectivity index (χ0v) is 6.48. The molecule has 50 valence electrons. The first-order valence-electron chi connectivity index (χ1n) is 3.16. The zero-order chi connectivity index (χ0) is 6.97. The highest BCUT2D eigenvalue weighted by molar-refractivity contribution is 7.17. The molecule has 0 N–H and O–H groups in total. The van der Waals surface area contributed by atoms with E-state index in [0.717, 1.165) is 5.69 Å². The summed E-state index contributed by atoms with van der Waals surface area (Å²) in [6.45, 7) is 2.01. The standard InChI is InChI=1S/C8H7NS/c1-6-4-8-7(5-9-6)2-3-10-8/h2-5H,1H3. The van der Waals surface area contributed by atoms with Gasteiger partial charge in [0.1, 0.15) is 0 Å². The van der Waals surface area contributed by atoms with E-state index < -0.39 is 0 Å². The Balaban J connectivity index is 2.86. The highest BCUT2D eigenvalue weighted by Gasteiger charge is 1.93. The van der Waals surface area contributed by atoms with Crippen molar-refractivity contribution in [2.75, 3.05) is 0 Å². The molecule has 0 radical (unpaired) electrons. The summed E-state index contributed by atoms with van der Waals surface area (Å²) in [4.78, 5) is 4.19. The largest absolute Gasteiger partial charge is 0.261 e. The highest BCUT2D eigenvalue weighted by Crippen LogP contribution is 2.19. The van der Waals surface area contributed by atoms with Crippen LogP contribution in [0.4, 0.5) is 0 Å². The lowest BCUT2D eigenvalue weighted by Gasteiger charge is -1.89. The monoisotopic (exact) mass is 149 g/mol. The minimum absolute atomic E-state index is 1.09. The van der Waals surface area contributed by atoms with Gasteiger partial charge in [0.15, 0.2) is 0 Å². The van der Waals surface area contributed by atoms with Crippen molar-refractivity contribution in [2.45, 2.75) is 6.92 Å². The lowest BCUT2D eigenvalue weighted by Crippen LogP contribution is -1.75. The fourth-order valence-corrected chi connectivity index (χ4v) is 1.81. The van der Waals surface area contributed by atoms with Gasteiger partial charge < -0.3 is 0 Å². The van der Waals surface area contributed by atoms with Gasteiger partial charge in [0.25, 0.3) is 0 Å². The molecule has 0 aliphatic carbocycles. The number of thiophene rings is 1. The molecular formula is C8H7NS. The summed E-state index contributed by atoms with van der Waals surface area (Å²) in [7, 11) is 0. The number of rotatable bonds is 0. The van der Waals surface area contributed by atoms with Gasteiger partial charge in [0, 0.05) is 22.0 Å². The smallest absolute Gasteiger partial charge is 0.0387 e. The summed E-state index contributed by atoms with van der Waals surface area (Å²) < 4.78 is 1.33. The van der Waals surface area contributed by atoms with Crippen molar-refractivity contribution in [1.82, 2.24) is 4.98 Å². The lowest BCUT2D eigenvalue weighted by molar-refractivity contribution is 1.23. The van der Waals surface area contributed by atoms with Crippen LogP contribution in [0.15, 0.2) is 23.7 Å². The maximum atomic E-state index is 4.19. The normalized spacial score (nSPS) is 10.5. The van der Waals surface area contributed by atoms with E-state index in [9.17, 15) is 0 Å². The second kappa shape index (κ2) is 2.06. The van der Waals surface area contributed by atoms with Crippen molar-refractivity contribution in [3.63, 3.8) is 0 Å². The Kier molecular flexibility index (Phi) is 1.21. The average Bonchev–Trinajstić information content (AvgIpc) is 2.33. The number of aromatic nitrogens is 1.